The number of pyridine rings is 2. The lowest BCUT2D eigenvalue weighted by Gasteiger charge is -2.24. The highest BCUT2D eigenvalue weighted by atomic mass is 35.5. The lowest BCUT2D eigenvalue weighted by molar-refractivity contribution is 0.588. The van der Waals surface area contributed by atoms with Gasteiger partial charge in [-0.1, -0.05) is 35.9 Å². The molecule has 0 spiro atoms. The fourth-order valence-electron chi connectivity index (χ4n) is 3.96. The zero-order chi connectivity index (χ0) is 23.7. The topological polar surface area (TPSA) is 94.1 Å². The largest absolute Gasteiger partial charge is 0.329 e. The maximum Gasteiger partial charge on any atom is 0.269 e. The van der Waals surface area contributed by atoms with Gasteiger partial charge in [0, 0.05) is 54.7 Å². The molecule has 9 heteroatoms. The highest BCUT2D eigenvalue weighted by Crippen LogP contribution is 2.27. The average molecular weight is 492 g/mol. The van der Waals surface area contributed by atoms with Gasteiger partial charge in [-0.2, -0.15) is 0 Å². The third-order valence-electron chi connectivity index (χ3n) is 5.76. The Balaban J connectivity index is 1.45. The minimum Gasteiger partial charge on any atom is -0.329 e. The van der Waals surface area contributed by atoms with Crippen LogP contribution in [0.5, 0.6) is 0 Å². The van der Waals surface area contributed by atoms with Crippen LogP contribution in [0, 0.1) is 0 Å². The monoisotopic (exact) mass is 491 g/mol. The third kappa shape index (κ3) is 4.11. The normalized spacial score (nSPS) is 14.2. The van der Waals surface area contributed by atoms with Gasteiger partial charge in [-0.15, -0.1) is 0 Å². The van der Waals surface area contributed by atoms with E-state index < -0.39 is 10.0 Å². The minimum absolute atomic E-state index is 0.218. The van der Waals surface area contributed by atoms with Gasteiger partial charge < -0.3 is 10.6 Å². The molecule has 0 aliphatic carbocycles. The van der Waals surface area contributed by atoms with Gasteiger partial charge in [-0.3, -0.25) is 0 Å². The van der Waals surface area contributed by atoms with E-state index in [-0.39, 0.29) is 4.90 Å². The van der Waals surface area contributed by atoms with E-state index in [1.54, 1.807) is 48.9 Å². The van der Waals surface area contributed by atoms with Crippen molar-refractivity contribution in [1.82, 2.24) is 13.9 Å². The van der Waals surface area contributed by atoms with E-state index in [2.05, 4.69) is 9.97 Å². The van der Waals surface area contributed by atoms with E-state index >= 15 is 0 Å². The lowest BCUT2D eigenvalue weighted by Crippen LogP contribution is -2.26. The van der Waals surface area contributed by atoms with E-state index in [4.69, 9.17) is 17.3 Å². The fourth-order valence-corrected chi connectivity index (χ4v) is 5.52. The number of aromatic nitrogens is 3. The summed E-state index contributed by atoms with van der Waals surface area (Å²) in [6.45, 7) is 0.983. The maximum absolute atomic E-state index is 13.3. The molecule has 4 heterocycles. The Morgan fingerprint density at radius 1 is 1.03 bits per heavy atom. The minimum atomic E-state index is -3.77. The Morgan fingerprint density at radius 3 is 2.59 bits per heavy atom. The van der Waals surface area contributed by atoms with E-state index in [1.165, 1.54) is 3.97 Å². The third-order valence-corrected chi connectivity index (χ3v) is 7.82. The van der Waals surface area contributed by atoms with Gasteiger partial charge in [0.05, 0.1) is 4.90 Å². The molecular formula is C25H22ClN5O2S. The van der Waals surface area contributed by atoms with Crippen molar-refractivity contribution in [3.63, 3.8) is 0 Å². The van der Waals surface area contributed by atoms with Gasteiger partial charge >= 0.3 is 0 Å². The van der Waals surface area contributed by atoms with Crippen molar-refractivity contribution in [2.24, 2.45) is 5.73 Å². The standard InChI is InChI=1S/C25H22ClN5O2S/c26-23-10-12-30(16-20(23)14-27)24-9-8-18(15-29-24)13-19-17-31(25-22(19)7-4-11-28-25)34(32,33)21-5-2-1-3-6-21/h1-12,15,17H,13-14,16,27H2. The van der Waals surface area contributed by atoms with Crippen molar-refractivity contribution in [3.8, 4) is 0 Å². The van der Waals surface area contributed by atoms with Crippen molar-refractivity contribution >= 4 is 38.5 Å². The van der Waals surface area contributed by atoms with E-state index in [9.17, 15) is 8.42 Å². The molecule has 0 fully saturated rings. The molecule has 1 aliphatic heterocycles. The van der Waals surface area contributed by atoms with Crippen LogP contribution in [0.15, 0.2) is 101 Å². The number of hydrogen-bond donors (Lipinski definition) is 1. The summed E-state index contributed by atoms with van der Waals surface area (Å²) in [6.07, 6.45) is 9.28. The molecule has 5 rings (SSSR count). The van der Waals surface area contributed by atoms with Crippen LogP contribution in [-0.2, 0) is 16.4 Å². The first-order chi connectivity index (χ1) is 16.5. The summed E-state index contributed by atoms with van der Waals surface area (Å²) in [5.74, 6) is 0.783. The molecule has 0 amide bonds. The number of anilines is 1. The highest BCUT2D eigenvalue weighted by Gasteiger charge is 2.22. The van der Waals surface area contributed by atoms with Gasteiger partial charge in [-0.05, 0) is 53.1 Å². The smallest absolute Gasteiger partial charge is 0.269 e. The molecule has 4 aromatic rings. The van der Waals surface area contributed by atoms with E-state index in [0.29, 0.717) is 30.2 Å². The first-order valence-electron chi connectivity index (χ1n) is 10.7. The molecule has 0 saturated heterocycles. The van der Waals surface area contributed by atoms with Crippen molar-refractivity contribution in [3.05, 3.63) is 107 Å². The number of hydrogen-bond acceptors (Lipinski definition) is 6. The molecule has 1 aliphatic rings. The van der Waals surface area contributed by atoms with Gasteiger partial charge in [0.1, 0.15) is 5.82 Å². The van der Waals surface area contributed by atoms with Crippen LogP contribution in [-0.4, -0.2) is 35.4 Å². The van der Waals surface area contributed by atoms with Crippen molar-refractivity contribution in [2.45, 2.75) is 11.3 Å². The lowest BCUT2D eigenvalue weighted by atomic mass is 10.1. The highest BCUT2D eigenvalue weighted by molar-refractivity contribution is 7.90. The Hall–Kier alpha value is -3.46. The molecule has 0 bridgehead atoms. The predicted octanol–water partition coefficient (Wildman–Crippen LogP) is 4.04. The Labute approximate surface area is 202 Å². The molecule has 172 valence electrons. The van der Waals surface area contributed by atoms with Gasteiger partial charge in [0.15, 0.2) is 5.65 Å². The van der Waals surface area contributed by atoms with Crippen LogP contribution < -0.4 is 10.6 Å². The molecule has 3 aromatic heterocycles. The molecule has 0 unspecified atom stereocenters. The summed E-state index contributed by atoms with van der Waals surface area (Å²) in [5.41, 5.74) is 8.96. The summed E-state index contributed by atoms with van der Waals surface area (Å²) >= 11 is 6.19. The average Bonchev–Trinajstić information content (AvgIpc) is 3.25. The van der Waals surface area contributed by atoms with E-state index in [0.717, 1.165) is 27.9 Å². The van der Waals surface area contributed by atoms with Gasteiger partial charge in [0.25, 0.3) is 10.0 Å². The number of rotatable bonds is 6. The second-order valence-corrected chi connectivity index (χ2v) is 10.2. The fraction of sp³-hybridized carbons (Fsp3) is 0.120. The number of halogens is 1. The maximum atomic E-state index is 13.3. The summed E-state index contributed by atoms with van der Waals surface area (Å²) < 4.78 is 27.8. The molecule has 1 aromatic carbocycles. The number of fused-ring (bicyclic) bond motifs is 1. The quantitative estimate of drug-likeness (QED) is 0.437. The zero-order valence-corrected chi connectivity index (χ0v) is 19.7. The summed E-state index contributed by atoms with van der Waals surface area (Å²) in [5, 5.41) is 1.46. The first kappa shape index (κ1) is 22.3. The van der Waals surface area contributed by atoms with Crippen LogP contribution in [0.3, 0.4) is 0 Å². The molecular weight excluding hydrogens is 470 g/mol. The predicted molar refractivity (Wildman–Crippen MR) is 134 cm³/mol. The Bertz CT molecular complexity index is 1510. The van der Waals surface area contributed by atoms with Crippen LogP contribution >= 0.6 is 11.6 Å². The molecule has 0 atom stereocenters. The SMILES string of the molecule is NCC1=C(Cl)C=CN(c2ccc(Cc3cn(S(=O)(=O)c4ccccc4)c4ncccc34)cn2)C1. The van der Waals surface area contributed by atoms with Crippen molar-refractivity contribution in [1.29, 1.82) is 0 Å². The number of nitrogens with two attached hydrogens (primary N) is 1. The van der Waals surface area contributed by atoms with Crippen molar-refractivity contribution in [2.75, 3.05) is 18.0 Å². The summed E-state index contributed by atoms with van der Waals surface area (Å²) in [7, 11) is -3.77. The molecule has 2 N–H and O–H groups in total. The number of nitrogens with zero attached hydrogens (tertiary/aromatic N) is 4. The zero-order valence-electron chi connectivity index (χ0n) is 18.2. The molecule has 0 radical (unpaired) electrons. The summed E-state index contributed by atoms with van der Waals surface area (Å²) in [4.78, 5) is 11.2. The van der Waals surface area contributed by atoms with Crippen LogP contribution in [0.25, 0.3) is 11.0 Å². The van der Waals surface area contributed by atoms with Crippen LogP contribution in [0.4, 0.5) is 5.82 Å². The Kier molecular flexibility index (Phi) is 5.95. The number of benzene rings is 1. The second kappa shape index (κ2) is 9.06. The first-order valence-corrected chi connectivity index (χ1v) is 12.5. The van der Waals surface area contributed by atoms with Crippen LogP contribution in [0.1, 0.15) is 11.1 Å². The van der Waals surface area contributed by atoms with Crippen molar-refractivity contribution < 1.29 is 8.42 Å². The molecule has 34 heavy (non-hydrogen) atoms. The van der Waals surface area contributed by atoms with Gasteiger partial charge in [-0.25, -0.2) is 22.4 Å². The summed E-state index contributed by atoms with van der Waals surface area (Å²) in [6, 6.07) is 16.0. The number of allylic oxidation sites excluding steroid dienone is 2. The Morgan fingerprint density at radius 2 is 1.85 bits per heavy atom. The molecule has 0 saturated carbocycles. The van der Waals surface area contributed by atoms with Gasteiger partial charge in [0.2, 0.25) is 0 Å². The van der Waals surface area contributed by atoms with E-state index in [1.807, 2.05) is 41.4 Å². The molecule has 7 nitrogen and oxygen atoms in total. The second-order valence-electron chi connectivity index (χ2n) is 7.94. The van der Waals surface area contributed by atoms with Crippen LogP contribution in [0.2, 0.25) is 0 Å².